The number of hydrogen-bond donors (Lipinski definition) is 0. The van der Waals surface area contributed by atoms with Gasteiger partial charge in [0.2, 0.25) is 0 Å². The van der Waals surface area contributed by atoms with E-state index >= 15 is 0 Å². The van der Waals surface area contributed by atoms with Gasteiger partial charge >= 0.3 is 0 Å². The summed E-state index contributed by atoms with van der Waals surface area (Å²) in [7, 11) is 0. The highest BCUT2D eigenvalue weighted by Crippen LogP contribution is 2.37. The lowest BCUT2D eigenvalue weighted by Crippen LogP contribution is -2.49. The van der Waals surface area contributed by atoms with Crippen LogP contribution in [0.5, 0.6) is 5.75 Å². The Labute approximate surface area is 140 Å². The smallest absolute Gasteiger partial charge is 0.271 e. The summed E-state index contributed by atoms with van der Waals surface area (Å²) in [6.45, 7) is 6.53. The molecule has 1 atom stereocenters. The summed E-state index contributed by atoms with van der Waals surface area (Å²) < 4.78 is 16.7. The Morgan fingerprint density at radius 1 is 1.29 bits per heavy atom. The van der Waals surface area contributed by atoms with E-state index in [1.54, 1.807) is 0 Å². The van der Waals surface area contributed by atoms with Crippen LogP contribution in [0.2, 0.25) is 0 Å². The van der Waals surface area contributed by atoms with Crippen LogP contribution in [0.1, 0.15) is 27.2 Å². The molecule has 0 aliphatic carbocycles. The molecule has 0 fully saturated rings. The highest BCUT2D eigenvalue weighted by Gasteiger charge is 2.36. The van der Waals surface area contributed by atoms with Gasteiger partial charge in [0.1, 0.15) is 5.75 Å². The van der Waals surface area contributed by atoms with Crippen molar-refractivity contribution in [3.05, 3.63) is 28.3 Å². The van der Waals surface area contributed by atoms with Crippen LogP contribution in [0.4, 0.5) is 11.4 Å². The number of nitrogens with zero attached hydrogens (tertiary/aromatic N) is 2. The summed E-state index contributed by atoms with van der Waals surface area (Å²) in [4.78, 5) is 24.7. The van der Waals surface area contributed by atoms with Gasteiger partial charge in [-0.2, -0.15) is 0 Å². The predicted molar refractivity (Wildman–Crippen MR) is 87.2 cm³/mol. The molecule has 0 saturated heterocycles. The number of amides is 1. The normalized spacial score (nSPS) is 16.9. The summed E-state index contributed by atoms with van der Waals surface area (Å²) in [6, 6.07) is 4.22. The first kappa shape index (κ1) is 18.2. The molecule has 0 N–H and O–H groups in total. The molecule has 1 aromatic rings. The Kier molecular flexibility index (Phi) is 6.10. The van der Waals surface area contributed by atoms with Gasteiger partial charge in [0.05, 0.1) is 17.2 Å². The van der Waals surface area contributed by atoms with E-state index in [-0.39, 0.29) is 18.1 Å². The molecule has 1 unspecified atom stereocenters. The van der Waals surface area contributed by atoms with Gasteiger partial charge in [0.25, 0.3) is 11.6 Å². The van der Waals surface area contributed by atoms with Crippen LogP contribution in [0.15, 0.2) is 18.2 Å². The van der Waals surface area contributed by atoms with Crippen LogP contribution in [0, 0.1) is 10.1 Å². The Balaban J connectivity index is 2.38. The molecule has 1 aromatic carbocycles. The number of carbonyl (C=O) groups excluding carboxylic acids is 1. The second-order valence-corrected chi connectivity index (χ2v) is 5.21. The Hall–Kier alpha value is -2.19. The number of ether oxygens (including phenoxy) is 3. The molecule has 8 heteroatoms. The van der Waals surface area contributed by atoms with Crippen molar-refractivity contribution in [1.82, 2.24) is 0 Å². The van der Waals surface area contributed by atoms with E-state index in [1.165, 1.54) is 23.1 Å². The van der Waals surface area contributed by atoms with Crippen LogP contribution < -0.4 is 9.64 Å². The third-order valence-electron chi connectivity index (χ3n) is 3.66. The summed E-state index contributed by atoms with van der Waals surface area (Å²) in [6.07, 6.45) is -0.728. The molecular weight excluding hydrogens is 316 g/mol. The zero-order chi connectivity index (χ0) is 17.7. The number of nitro groups is 1. The van der Waals surface area contributed by atoms with Gasteiger partial charge in [-0.3, -0.25) is 14.9 Å². The Morgan fingerprint density at radius 2 is 1.96 bits per heavy atom. The summed E-state index contributed by atoms with van der Waals surface area (Å²) >= 11 is 0. The van der Waals surface area contributed by atoms with Crippen LogP contribution in [0.3, 0.4) is 0 Å². The molecule has 2 rings (SSSR count). The van der Waals surface area contributed by atoms with Crippen molar-refractivity contribution in [2.45, 2.75) is 39.6 Å². The Bertz CT molecular complexity index is 600. The molecule has 1 aliphatic rings. The quantitative estimate of drug-likeness (QED) is 0.411. The number of benzene rings is 1. The van der Waals surface area contributed by atoms with Gasteiger partial charge in [-0.25, -0.2) is 0 Å². The number of rotatable bonds is 8. The second kappa shape index (κ2) is 8.07. The largest absolute Gasteiger partial charge is 0.478 e. The number of non-ortho nitro benzene ring substituents is 1. The first-order valence-electron chi connectivity index (χ1n) is 8.01. The molecule has 0 bridgehead atoms. The molecule has 0 spiro atoms. The molecule has 0 aromatic heterocycles. The number of hydrogen-bond acceptors (Lipinski definition) is 6. The molecule has 24 heavy (non-hydrogen) atoms. The van der Waals surface area contributed by atoms with Crippen LogP contribution in [0.25, 0.3) is 0 Å². The lowest BCUT2D eigenvalue weighted by molar-refractivity contribution is -0.384. The molecule has 1 aliphatic heterocycles. The highest BCUT2D eigenvalue weighted by atomic mass is 16.7. The summed E-state index contributed by atoms with van der Waals surface area (Å²) in [5.74, 6) is 0.189. The van der Waals surface area contributed by atoms with E-state index in [0.717, 1.165) is 0 Å². The molecule has 1 heterocycles. The minimum atomic E-state index is -0.622. The predicted octanol–water partition coefficient (Wildman–Crippen LogP) is 2.50. The van der Waals surface area contributed by atoms with Crippen LogP contribution >= 0.6 is 0 Å². The Morgan fingerprint density at radius 3 is 2.50 bits per heavy atom. The maximum atomic E-state index is 12.7. The van der Waals surface area contributed by atoms with Crippen molar-refractivity contribution in [2.75, 3.05) is 24.7 Å². The van der Waals surface area contributed by atoms with Crippen molar-refractivity contribution < 1.29 is 23.9 Å². The van der Waals surface area contributed by atoms with Crippen molar-refractivity contribution in [1.29, 1.82) is 0 Å². The maximum Gasteiger partial charge on any atom is 0.271 e. The minimum Gasteiger partial charge on any atom is -0.478 e. The molecule has 0 saturated carbocycles. The summed E-state index contributed by atoms with van der Waals surface area (Å²) in [5, 5.41) is 11.0. The third kappa shape index (κ3) is 3.82. The average Bonchev–Trinajstić information content (AvgIpc) is 2.56. The van der Waals surface area contributed by atoms with E-state index in [9.17, 15) is 14.9 Å². The molecular formula is C16H22N2O6. The van der Waals surface area contributed by atoms with E-state index in [2.05, 4.69) is 0 Å². The number of carbonyl (C=O) groups is 1. The maximum absolute atomic E-state index is 12.7. The monoisotopic (exact) mass is 338 g/mol. The van der Waals surface area contributed by atoms with Crippen LogP contribution in [-0.4, -0.2) is 43.0 Å². The van der Waals surface area contributed by atoms with Crippen LogP contribution in [-0.2, 0) is 14.3 Å². The summed E-state index contributed by atoms with van der Waals surface area (Å²) in [5.41, 5.74) is 0.262. The van der Waals surface area contributed by atoms with E-state index in [0.29, 0.717) is 31.1 Å². The van der Waals surface area contributed by atoms with Crippen molar-refractivity contribution in [3.8, 4) is 5.75 Å². The fourth-order valence-electron chi connectivity index (χ4n) is 2.55. The highest BCUT2D eigenvalue weighted by molar-refractivity contribution is 6.00. The standard InChI is InChI=1S/C16H22N2O6/c1-4-13-16(19)17(10-15(22-5-2)23-6-3)12-9-11(18(20)21)7-8-14(12)24-13/h7-9,13,15H,4-6,10H2,1-3H3. The molecule has 132 valence electrons. The fraction of sp³-hybridized carbons (Fsp3) is 0.562. The van der Waals surface area contributed by atoms with E-state index < -0.39 is 17.3 Å². The number of anilines is 1. The lowest BCUT2D eigenvalue weighted by Gasteiger charge is -2.35. The first-order valence-corrected chi connectivity index (χ1v) is 8.01. The van der Waals surface area contributed by atoms with Gasteiger partial charge in [0.15, 0.2) is 12.4 Å². The SMILES string of the molecule is CCOC(CN1C(=O)C(CC)Oc2ccc([N+](=O)[O-])cc21)OCC. The first-order chi connectivity index (χ1) is 11.5. The molecule has 8 nitrogen and oxygen atoms in total. The van der Waals surface area contributed by atoms with Gasteiger partial charge in [-0.15, -0.1) is 0 Å². The van der Waals surface area contributed by atoms with E-state index in [4.69, 9.17) is 14.2 Å². The zero-order valence-electron chi connectivity index (χ0n) is 14.1. The second-order valence-electron chi connectivity index (χ2n) is 5.21. The third-order valence-corrected chi connectivity index (χ3v) is 3.66. The zero-order valence-corrected chi connectivity index (χ0v) is 14.1. The van der Waals surface area contributed by atoms with Gasteiger partial charge in [-0.1, -0.05) is 6.92 Å². The fourth-order valence-corrected chi connectivity index (χ4v) is 2.55. The topological polar surface area (TPSA) is 91.1 Å². The van der Waals surface area contributed by atoms with E-state index in [1.807, 2.05) is 20.8 Å². The van der Waals surface area contributed by atoms with Crippen molar-refractivity contribution >= 4 is 17.3 Å². The average molecular weight is 338 g/mol. The number of fused-ring (bicyclic) bond motifs is 1. The minimum absolute atomic E-state index is 0.102. The lowest BCUT2D eigenvalue weighted by atomic mass is 10.1. The number of nitro benzene ring substituents is 1. The van der Waals surface area contributed by atoms with Crippen molar-refractivity contribution in [2.24, 2.45) is 0 Å². The molecule has 0 radical (unpaired) electrons. The van der Waals surface area contributed by atoms with Gasteiger partial charge in [0, 0.05) is 25.3 Å². The van der Waals surface area contributed by atoms with Crippen molar-refractivity contribution in [3.63, 3.8) is 0 Å². The van der Waals surface area contributed by atoms with Gasteiger partial charge in [-0.05, 0) is 26.3 Å². The van der Waals surface area contributed by atoms with Gasteiger partial charge < -0.3 is 19.1 Å². The molecule has 1 amide bonds.